The molecule has 2 fully saturated rings. The summed E-state index contributed by atoms with van der Waals surface area (Å²) in [5.74, 6) is 5.02. The van der Waals surface area contributed by atoms with Gasteiger partial charge in [-0.25, -0.2) is 0 Å². The Labute approximate surface area is 68.8 Å². The average molecular weight is 149 g/mol. The molecular formula is C10H15N. The molecule has 0 radical (unpaired) electrons. The van der Waals surface area contributed by atoms with Crippen LogP contribution in [0.2, 0.25) is 0 Å². The largest absolute Gasteiger partial charge is 0.298 e. The van der Waals surface area contributed by atoms with Crippen LogP contribution in [0.15, 0.2) is 0 Å². The summed E-state index contributed by atoms with van der Waals surface area (Å²) >= 11 is 0. The predicted octanol–water partition coefficient (Wildman–Crippen LogP) is 1.21. The first-order chi connectivity index (χ1) is 5.24. The van der Waals surface area contributed by atoms with Crippen LogP contribution in [-0.2, 0) is 0 Å². The molecule has 0 N–H and O–H groups in total. The van der Waals surface area contributed by atoms with E-state index in [1.54, 1.807) is 0 Å². The van der Waals surface area contributed by atoms with Gasteiger partial charge in [0.05, 0.1) is 0 Å². The molecule has 2 aliphatic rings. The van der Waals surface area contributed by atoms with Crippen molar-refractivity contribution in [1.29, 1.82) is 0 Å². The fraction of sp³-hybridized carbons (Fsp3) is 0.800. The fourth-order valence-electron chi connectivity index (χ4n) is 2.73. The summed E-state index contributed by atoms with van der Waals surface area (Å²) in [4.78, 5) is 2.53. The predicted molar refractivity (Wildman–Crippen MR) is 46.0 cm³/mol. The minimum atomic E-state index is 0.518. The zero-order valence-corrected chi connectivity index (χ0v) is 7.25. The normalized spacial score (nSPS) is 49.5. The van der Waals surface area contributed by atoms with Crippen LogP contribution in [-0.4, -0.2) is 24.0 Å². The van der Waals surface area contributed by atoms with Crippen molar-refractivity contribution in [1.82, 2.24) is 4.90 Å². The van der Waals surface area contributed by atoms with Gasteiger partial charge in [-0.05, 0) is 11.8 Å². The first kappa shape index (κ1) is 7.18. The lowest BCUT2D eigenvalue weighted by Gasteiger charge is -2.43. The summed E-state index contributed by atoms with van der Waals surface area (Å²) < 4.78 is 0. The van der Waals surface area contributed by atoms with E-state index in [0.717, 1.165) is 24.4 Å². The van der Waals surface area contributed by atoms with Gasteiger partial charge in [-0.3, -0.25) is 4.90 Å². The zero-order valence-electron chi connectivity index (χ0n) is 7.25. The maximum atomic E-state index is 5.45. The van der Waals surface area contributed by atoms with Crippen LogP contribution < -0.4 is 0 Å². The number of terminal acetylenes is 1. The molecule has 0 amide bonds. The van der Waals surface area contributed by atoms with Gasteiger partial charge in [-0.1, -0.05) is 13.8 Å². The SMILES string of the molecule is C#CC1CN2CC(C)C2C1C. The topological polar surface area (TPSA) is 3.24 Å². The van der Waals surface area contributed by atoms with E-state index in [0.29, 0.717) is 5.92 Å². The molecule has 0 bridgehead atoms. The van der Waals surface area contributed by atoms with E-state index in [1.807, 2.05) is 0 Å². The van der Waals surface area contributed by atoms with Gasteiger partial charge in [0.25, 0.3) is 0 Å². The Morgan fingerprint density at radius 3 is 2.55 bits per heavy atom. The van der Waals surface area contributed by atoms with Crippen molar-refractivity contribution in [2.75, 3.05) is 13.1 Å². The summed E-state index contributed by atoms with van der Waals surface area (Å²) in [6.07, 6.45) is 5.45. The second-order valence-corrected chi connectivity index (χ2v) is 4.05. The second kappa shape index (κ2) is 2.25. The Bertz CT molecular complexity index is 203. The first-order valence-electron chi connectivity index (χ1n) is 4.44. The zero-order chi connectivity index (χ0) is 8.01. The Morgan fingerprint density at radius 2 is 2.09 bits per heavy atom. The number of rotatable bonds is 0. The molecule has 4 atom stereocenters. The quantitative estimate of drug-likeness (QED) is 0.468. The minimum absolute atomic E-state index is 0.518. The molecule has 11 heavy (non-hydrogen) atoms. The number of nitrogens with zero attached hydrogens (tertiary/aromatic N) is 1. The van der Waals surface area contributed by atoms with Gasteiger partial charge in [0.2, 0.25) is 0 Å². The van der Waals surface area contributed by atoms with Crippen molar-refractivity contribution in [3.05, 3.63) is 0 Å². The monoisotopic (exact) mass is 149 g/mol. The Kier molecular flexibility index (Phi) is 1.47. The first-order valence-corrected chi connectivity index (χ1v) is 4.44. The maximum Gasteiger partial charge on any atom is 0.0368 e. The number of hydrogen-bond acceptors (Lipinski definition) is 1. The fourth-order valence-corrected chi connectivity index (χ4v) is 2.73. The highest BCUT2D eigenvalue weighted by Gasteiger charge is 2.47. The highest BCUT2D eigenvalue weighted by atomic mass is 15.3. The van der Waals surface area contributed by atoms with Crippen molar-refractivity contribution in [2.24, 2.45) is 17.8 Å². The Hall–Kier alpha value is -0.480. The molecule has 4 unspecified atom stereocenters. The van der Waals surface area contributed by atoms with Crippen LogP contribution in [0.25, 0.3) is 0 Å². The lowest BCUT2D eigenvalue weighted by molar-refractivity contribution is 0.0471. The van der Waals surface area contributed by atoms with Crippen LogP contribution in [0.1, 0.15) is 13.8 Å². The van der Waals surface area contributed by atoms with E-state index in [9.17, 15) is 0 Å². The molecule has 0 saturated carbocycles. The average Bonchev–Trinajstić information content (AvgIpc) is 2.20. The van der Waals surface area contributed by atoms with Gasteiger partial charge < -0.3 is 0 Å². The highest BCUT2D eigenvalue weighted by molar-refractivity contribution is 5.10. The molecule has 1 nitrogen and oxygen atoms in total. The van der Waals surface area contributed by atoms with Crippen LogP contribution in [0.5, 0.6) is 0 Å². The van der Waals surface area contributed by atoms with E-state index in [1.165, 1.54) is 6.54 Å². The summed E-state index contributed by atoms with van der Waals surface area (Å²) in [7, 11) is 0. The summed E-state index contributed by atoms with van der Waals surface area (Å²) in [6, 6.07) is 0.802. The van der Waals surface area contributed by atoms with Crippen molar-refractivity contribution in [3.8, 4) is 12.3 Å². The van der Waals surface area contributed by atoms with E-state index >= 15 is 0 Å². The van der Waals surface area contributed by atoms with Crippen LogP contribution in [0, 0.1) is 30.1 Å². The van der Waals surface area contributed by atoms with Crippen molar-refractivity contribution < 1.29 is 0 Å². The van der Waals surface area contributed by atoms with Crippen molar-refractivity contribution in [2.45, 2.75) is 19.9 Å². The van der Waals surface area contributed by atoms with E-state index < -0.39 is 0 Å². The van der Waals surface area contributed by atoms with E-state index in [2.05, 4.69) is 24.7 Å². The molecule has 2 heterocycles. The van der Waals surface area contributed by atoms with Gasteiger partial charge in [0.15, 0.2) is 0 Å². The molecular weight excluding hydrogens is 134 g/mol. The standard InChI is InChI=1S/C10H15N/c1-4-9-6-11-5-7(2)10(11)8(9)3/h1,7-10H,5-6H2,2-3H3. The highest BCUT2D eigenvalue weighted by Crippen LogP contribution is 2.40. The minimum Gasteiger partial charge on any atom is -0.298 e. The van der Waals surface area contributed by atoms with Gasteiger partial charge in [0.1, 0.15) is 0 Å². The third-order valence-corrected chi connectivity index (χ3v) is 3.35. The third-order valence-electron chi connectivity index (χ3n) is 3.35. The summed E-state index contributed by atoms with van der Waals surface area (Å²) in [5.41, 5.74) is 0. The molecule has 1 heteroatoms. The van der Waals surface area contributed by atoms with Gasteiger partial charge in [0, 0.05) is 25.0 Å². The summed E-state index contributed by atoms with van der Waals surface area (Å²) in [5, 5.41) is 0. The van der Waals surface area contributed by atoms with Crippen LogP contribution in [0.3, 0.4) is 0 Å². The second-order valence-electron chi connectivity index (χ2n) is 4.05. The molecule has 2 aliphatic heterocycles. The molecule has 0 aromatic carbocycles. The Morgan fingerprint density at radius 1 is 1.36 bits per heavy atom. The van der Waals surface area contributed by atoms with E-state index in [-0.39, 0.29) is 0 Å². The van der Waals surface area contributed by atoms with Crippen LogP contribution >= 0.6 is 0 Å². The Balaban J connectivity index is 2.11. The third kappa shape index (κ3) is 0.827. The molecule has 2 saturated heterocycles. The number of fused-ring (bicyclic) bond motifs is 1. The van der Waals surface area contributed by atoms with Gasteiger partial charge in [-0.15, -0.1) is 12.3 Å². The molecule has 0 aromatic heterocycles. The molecule has 0 aliphatic carbocycles. The van der Waals surface area contributed by atoms with Crippen molar-refractivity contribution >= 4 is 0 Å². The molecule has 2 rings (SSSR count). The van der Waals surface area contributed by atoms with Gasteiger partial charge in [-0.2, -0.15) is 0 Å². The summed E-state index contributed by atoms with van der Waals surface area (Å²) in [6.45, 7) is 7.04. The maximum absolute atomic E-state index is 5.45. The number of hydrogen-bond donors (Lipinski definition) is 0. The molecule has 0 spiro atoms. The molecule has 60 valence electrons. The van der Waals surface area contributed by atoms with Crippen LogP contribution in [0.4, 0.5) is 0 Å². The lowest BCUT2D eigenvalue weighted by Crippen LogP contribution is -2.52. The molecule has 0 aromatic rings. The van der Waals surface area contributed by atoms with Gasteiger partial charge >= 0.3 is 0 Å². The van der Waals surface area contributed by atoms with Crippen molar-refractivity contribution in [3.63, 3.8) is 0 Å². The van der Waals surface area contributed by atoms with E-state index in [4.69, 9.17) is 6.42 Å². The lowest BCUT2D eigenvalue weighted by atomic mass is 9.82. The smallest absolute Gasteiger partial charge is 0.0368 e.